The first kappa shape index (κ1) is 13.7. The number of hydrogen-bond acceptors (Lipinski definition) is 3. The number of ether oxygens (including phenoxy) is 2. The number of rotatable bonds is 5. The number of benzene rings is 2. The van der Waals surface area contributed by atoms with Crippen molar-refractivity contribution in [3.8, 4) is 11.5 Å². The summed E-state index contributed by atoms with van der Waals surface area (Å²) in [5.41, 5.74) is 1.74. The lowest BCUT2D eigenvalue weighted by atomic mass is 10.2. The van der Waals surface area contributed by atoms with E-state index < -0.39 is 0 Å². The topological polar surface area (TPSA) is 38.7 Å². The van der Waals surface area contributed by atoms with E-state index in [1.807, 2.05) is 36.4 Å². The second kappa shape index (κ2) is 6.45. The van der Waals surface area contributed by atoms with Crippen LogP contribution in [0.1, 0.15) is 11.1 Å². The Kier molecular flexibility index (Phi) is 4.66. The molecule has 3 nitrogen and oxygen atoms in total. The van der Waals surface area contributed by atoms with Crippen LogP contribution in [0.15, 0.2) is 42.5 Å². The minimum absolute atomic E-state index is 0.0302. The number of halogens is 1. The summed E-state index contributed by atoms with van der Waals surface area (Å²) in [6, 6.07) is 12.7. The fraction of sp³-hybridized carbons (Fsp3) is 0.200. The molecule has 1 N–H and O–H groups in total. The van der Waals surface area contributed by atoms with Crippen LogP contribution >= 0.6 is 11.6 Å². The van der Waals surface area contributed by atoms with Crippen molar-refractivity contribution in [2.45, 2.75) is 13.2 Å². The van der Waals surface area contributed by atoms with Gasteiger partial charge in [-0.05, 0) is 35.9 Å². The third kappa shape index (κ3) is 3.63. The Morgan fingerprint density at radius 3 is 2.47 bits per heavy atom. The number of aliphatic hydroxyl groups excluding tert-OH is 1. The molecule has 19 heavy (non-hydrogen) atoms. The molecule has 0 spiro atoms. The van der Waals surface area contributed by atoms with Crippen molar-refractivity contribution < 1.29 is 14.6 Å². The SMILES string of the molecule is COc1ccc(Cl)cc1COc1ccc(CO)cc1. The Morgan fingerprint density at radius 1 is 1.11 bits per heavy atom. The van der Waals surface area contributed by atoms with Gasteiger partial charge >= 0.3 is 0 Å². The molecule has 0 aliphatic carbocycles. The van der Waals surface area contributed by atoms with Gasteiger partial charge in [-0.3, -0.25) is 0 Å². The van der Waals surface area contributed by atoms with Crippen molar-refractivity contribution in [1.82, 2.24) is 0 Å². The van der Waals surface area contributed by atoms with Crippen molar-refractivity contribution in [2.75, 3.05) is 7.11 Å². The molecular formula is C15H15ClO3. The van der Waals surface area contributed by atoms with E-state index in [0.29, 0.717) is 11.6 Å². The van der Waals surface area contributed by atoms with Crippen LogP contribution in [0.4, 0.5) is 0 Å². The fourth-order valence-corrected chi connectivity index (χ4v) is 1.91. The van der Waals surface area contributed by atoms with Crippen molar-refractivity contribution >= 4 is 11.6 Å². The molecule has 0 unspecified atom stereocenters. The van der Waals surface area contributed by atoms with E-state index in [1.165, 1.54) is 0 Å². The van der Waals surface area contributed by atoms with Crippen LogP contribution in [0.3, 0.4) is 0 Å². The minimum Gasteiger partial charge on any atom is -0.496 e. The molecule has 0 amide bonds. The highest BCUT2D eigenvalue weighted by molar-refractivity contribution is 6.30. The van der Waals surface area contributed by atoms with Gasteiger partial charge in [0.1, 0.15) is 18.1 Å². The van der Waals surface area contributed by atoms with Gasteiger partial charge in [0.05, 0.1) is 13.7 Å². The zero-order valence-electron chi connectivity index (χ0n) is 10.6. The Balaban J connectivity index is 2.07. The van der Waals surface area contributed by atoms with E-state index in [2.05, 4.69) is 0 Å². The normalized spacial score (nSPS) is 10.3. The maximum Gasteiger partial charge on any atom is 0.125 e. The summed E-state index contributed by atoms with van der Waals surface area (Å²) < 4.78 is 10.9. The third-order valence-electron chi connectivity index (χ3n) is 2.74. The van der Waals surface area contributed by atoms with Gasteiger partial charge in [-0.25, -0.2) is 0 Å². The van der Waals surface area contributed by atoms with Gasteiger partial charge in [0.25, 0.3) is 0 Å². The van der Waals surface area contributed by atoms with E-state index in [1.54, 1.807) is 13.2 Å². The molecule has 0 saturated carbocycles. The van der Waals surface area contributed by atoms with E-state index >= 15 is 0 Å². The number of aliphatic hydroxyl groups is 1. The second-order valence-electron chi connectivity index (χ2n) is 4.05. The van der Waals surface area contributed by atoms with Crippen molar-refractivity contribution in [2.24, 2.45) is 0 Å². The summed E-state index contributed by atoms with van der Waals surface area (Å²) in [5.74, 6) is 1.48. The molecule has 0 bridgehead atoms. The highest BCUT2D eigenvalue weighted by atomic mass is 35.5. The van der Waals surface area contributed by atoms with Crippen LogP contribution in [0.25, 0.3) is 0 Å². The molecule has 2 aromatic carbocycles. The summed E-state index contributed by atoms with van der Waals surface area (Å²) in [7, 11) is 1.61. The molecule has 100 valence electrons. The van der Waals surface area contributed by atoms with Crippen LogP contribution in [-0.2, 0) is 13.2 Å². The Labute approximate surface area is 117 Å². The van der Waals surface area contributed by atoms with Gasteiger partial charge in [-0.1, -0.05) is 23.7 Å². The van der Waals surface area contributed by atoms with Gasteiger partial charge < -0.3 is 14.6 Å². The lowest BCUT2D eigenvalue weighted by Crippen LogP contribution is -1.99. The molecular weight excluding hydrogens is 264 g/mol. The lowest BCUT2D eigenvalue weighted by Gasteiger charge is -2.11. The lowest BCUT2D eigenvalue weighted by molar-refractivity contribution is 0.280. The Hall–Kier alpha value is -1.71. The highest BCUT2D eigenvalue weighted by Gasteiger charge is 2.05. The summed E-state index contributed by atoms with van der Waals surface area (Å²) in [6.07, 6.45) is 0. The average Bonchev–Trinajstić information content (AvgIpc) is 2.46. The van der Waals surface area contributed by atoms with Gasteiger partial charge in [0.15, 0.2) is 0 Å². The highest BCUT2D eigenvalue weighted by Crippen LogP contribution is 2.24. The Bertz CT molecular complexity index is 538. The molecule has 2 aromatic rings. The third-order valence-corrected chi connectivity index (χ3v) is 2.98. The summed E-state index contributed by atoms with van der Waals surface area (Å²) >= 11 is 5.96. The first-order chi connectivity index (χ1) is 9.22. The van der Waals surface area contributed by atoms with Gasteiger partial charge in [0.2, 0.25) is 0 Å². The van der Waals surface area contributed by atoms with Crippen LogP contribution in [-0.4, -0.2) is 12.2 Å². The quantitative estimate of drug-likeness (QED) is 0.911. The van der Waals surface area contributed by atoms with Crippen molar-refractivity contribution in [3.05, 3.63) is 58.6 Å². The smallest absolute Gasteiger partial charge is 0.125 e. The average molecular weight is 279 g/mol. The van der Waals surface area contributed by atoms with Crippen LogP contribution < -0.4 is 9.47 Å². The zero-order chi connectivity index (χ0) is 13.7. The number of hydrogen-bond donors (Lipinski definition) is 1. The summed E-state index contributed by atoms with van der Waals surface area (Å²) in [5, 5.41) is 9.61. The maximum absolute atomic E-state index is 8.96. The second-order valence-corrected chi connectivity index (χ2v) is 4.48. The Morgan fingerprint density at radius 2 is 1.84 bits per heavy atom. The van der Waals surface area contributed by atoms with Gasteiger partial charge in [0, 0.05) is 10.6 Å². The first-order valence-electron chi connectivity index (χ1n) is 5.88. The minimum atomic E-state index is 0.0302. The first-order valence-corrected chi connectivity index (χ1v) is 6.25. The molecule has 0 aliphatic rings. The monoisotopic (exact) mass is 278 g/mol. The molecule has 4 heteroatoms. The largest absolute Gasteiger partial charge is 0.496 e. The van der Waals surface area contributed by atoms with E-state index in [-0.39, 0.29) is 6.61 Å². The maximum atomic E-state index is 8.96. The van der Waals surface area contributed by atoms with Gasteiger partial charge in [-0.15, -0.1) is 0 Å². The molecule has 0 aromatic heterocycles. The van der Waals surface area contributed by atoms with Gasteiger partial charge in [-0.2, -0.15) is 0 Å². The molecule has 0 fully saturated rings. The van der Waals surface area contributed by atoms with E-state index in [9.17, 15) is 0 Å². The van der Waals surface area contributed by atoms with Crippen molar-refractivity contribution in [3.63, 3.8) is 0 Å². The number of methoxy groups -OCH3 is 1. The standard InChI is InChI=1S/C15H15ClO3/c1-18-15-7-4-13(16)8-12(15)10-19-14-5-2-11(9-17)3-6-14/h2-8,17H,9-10H2,1H3. The fourth-order valence-electron chi connectivity index (χ4n) is 1.71. The predicted octanol–water partition coefficient (Wildman–Crippen LogP) is 3.42. The zero-order valence-corrected chi connectivity index (χ0v) is 11.4. The molecule has 0 aliphatic heterocycles. The molecule has 0 saturated heterocycles. The van der Waals surface area contributed by atoms with Crippen LogP contribution in [0, 0.1) is 0 Å². The van der Waals surface area contributed by atoms with E-state index in [0.717, 1.165) is 22.6 Å². The van der Waals surface area contributed by atoms with Crippen LogP contribution in [0.2, 0.25) is 5.02 Å². The van der Waals surface area contributed by atoms with Crippen molar-refractivity contribution in [1.29, 1.82) is 0 Å². The predicted molar refractivity (Wildman–Crippen MR) is 74.7 cm³/mol. The summed E-state index contributed by atoms with van der Waals surface area (Å²) in [6.45, 7) is 0.407. The van der Waals surface area contributed by atoms with E-state index in [4.69, 9.17) is 26.2 Å². The molecule has 2 rings (SSSR count). The molecule has 0 radical (unpaired) electrons. The molecule has 0 atom stereocenters. The van der Waals surface area contributed by atoms with Crippen LogP contribution in [0.5, 0.6) is 11.5 Å². The molecule has 0 heterocycles. The summed E-state index contributed by atoms with van der Waals surface area (Å²) in [4.78, 5) is 0.